The van der Waals surface area contributed by atoms with Crippen LogP contribution in [0.25, 0.3) is 0 Å². The Morgan fingerprint density at radius 2 is 2.38 bits per heavy atom. The molecule has 2 heteroatoms. The van der Waals surface area contributed by atoms with Crippen LogP contribution in [0.3, 0.4) is 0 Å². The van der Waals surface area contributed by atoms with Gasteiger partial charge in [0.25, 0.3) is 5.95 Å². The summed E-state index contributed by atoms with van der Waals surface area (Å²) in [5.41, 5.74) is 0. The van der Waals surface area contributed by atoms with Crippen molar-refractivity contribution in [3.05, 3.63) is 12.5 Å². The lowest BCUT2D eigenvalue weighted by Crippen LogP contribution is -1.91. The minimum atomic E-state index is -0.182. The maximum absolute atomic E-state index is 8.36. The second-order valence-electron chi connectivity index (χ2n) is 1.60. The fraction of sp³-hybridized carbons (Fsp3) is 0.667. The van der Waals surface area contributed by atoms with Crippen LogP contribution in [0, 0.1) is 0 Å². The second-order valence-corrected chi connectivity index (χ2v) is 1.60. The highest BCUT2D eigenvalue weighted by Crippen LogP contribution is 1.91. The fourth-order valence-corrected chi connectivity index (χ4v) is 0.334. The molecule has 0 aliphatic rings. The predicted octanol–water partition coefficient (Wildman–Crippen LogP) is 1.83. The van der Waals surface area contributed by atoms with Gasteiger partial charge in [0.05, 0.1) is 6.61 Å². The average molecular weight is 116 g/mol. The molecule has 0 unspecified atom stereocenters. The van der Waals surface area contributed by atoms with Gasteiger partial charge in [0.1, 0.15) is 0 Å². The summed E-state index contributed by atoms with van der Waals surface area (Å²) in [5.74, 6) is -0.182. The van der Waals surface area contributed by atoms with Gasteiger partial charge in [-0.05, 0) is 13.0 Å². The number of rotatable bonds is 4. The van der Waals surface area contributed by atoms with Crippen LogP contribution in [0.4, 0.5) is 0 Å². The van der Waals surface area contributed by atoms with E-state index in [0.29, 0.717) is 6.61 Å². The lowest BCUT2D eigenvalue weighted by Gasteiger charge is -1.99. The fourth-order valence-electron chi connectivity index (χ4n) is 0.334. The molecule has 0 saturated heterocycles. The minimum absolute atomic E-state index is 0.182. The van der Waals surface area contributed by atoms with Gasteiger partial charge in [-0.1, -0.05) is 13.3 Å². The van der Waals surface area contributed by atoms with Crippen molar-refractivity contribution < 1.29 is 9.84 Å². The molecule has 0 aromatic carbocycles. The molecule has 0 bridgehead atoms. The van der Waals surface area contributed by atoms with Crippen molar-refractivity contribution in [1.82, 2.24) is 0 Å². The highest BCUT2D eigenvalue weighted by atomic mass is 16.6. The van der Waals surface area contributed by atoms with Crippen molar-refractivity contribution in [3.63, 3.8) is 0 Å². The summed E-state index contributed by atoms with van der Waals surface area (Å²) in [6, 6.07) is 0. The lowest BCUT2D eigenvalue weighted by molar-refractivity contribution is 0.0935. The van der Waals surface area contributed by atoms with E-state index in [1.807, 2.05) is 0 Å². The second kappa shape index (κ2) is 4.50. The summed E-state index contributed by atoms with van der Waals surface area (Å²) in [6.45, 7) is 5.79. The first-order valence-electron chi connectivity index (χ1n) is 2.78. The highest BCUT2D eigenvalue weighted by molar-refractivity contribution is 4.61. The molecule has 0 heterocycles. The van der Waals surface area contributed by atoms with E-state index in [4.69, 9.17) is 5.11 Å². The molecule has 8 heavy (non-hydrogen) atoms. The molecule has 0 spiro atoms. The van der Waals surface area contributed by atoms with E-state index in [1.54, 1.807) is 0 Å². The molecule has 0 aromatic rings. The molecule has 0 atom stereocenters. The van der Waals surface area contributed by atoms with Crippen molar-refractivity contribution in [3.8, 4) is 0 Å². The number of aliphatic hydroxyl groups excluding tert-OH is 1. The summed E-state index contributed by atoms with van der Waals surface area (Å²) in [6.07, 6.45) is 2.05. The van der Waals surface area contributed by atoms with Crippen molar-refractivity contribution in [2.75, 3.05) is 6.61 Å². The van der Waals surface area contributed by atoms with E-state index in [2.05, 4.69) is 18.2 Å². The molecule has 0 aliphatic heterocycles. The average Bonchev–Trinajstić information content (AvgIpc) is 1.66. The van der Waals surface area contributed by atoms with E-state index in [-0.39, 0.29) is 5.95 Å². The Hall–Kier alpha value is -0.660. The van der Waals surface area contributed by atoms with Gasteiger partial charge < -0.3 is 9.84 Å². The third kappa shape index (κ3) is 5.34. The third-order valence-electron chi connectivity index (χ3n) is 0.767. The van der Waals surface area contributed by atoms with Crippen molar-refractivity contribution in [2.45, 2.75) is 19.8 Å². The predicted molar refractivity (Wildman–Crippen MR) is 32.6 cm³/mol. The normalized spacial score (nSPS) is 8.62. The summed E-state index contributed by atoms with van der Waals surface area (Å²) in [4.78, 5) is 0. The number of aliphatic hydroxyl groups is 1. The topological polar surface area (TPSA) is 29.5 Å². The van der Waals surface area contributed by atoms with Gasteiger partial charge in [-0.15, -0.1) is 0 Å². The van der Waals surface area contributed by atoms with E-state index < -0.39 is 0 Å². The van der Waals surface area contributed by atoms with Crippen LogP contribution in [0.5, 0.6) is 0 Å². The Morgan fingerprint density at radius 3 is 2.75 bits per heavy atom. The van der Waals surface area contributed by atoms with Crippen LogP contribution >= 0.6 is 0 Å². The van der Waals surface area contributed by atoms with Crippen LogP contribution in [0.2, 0.25) is 0 Å². The zero-order valence-corrected chi connectivity index (χ0v) is 5.18. The summed E-state index contributed by atoms with van der Waals surface area (Å²) in [5, 5.41) is 8.36. The Kier molecular flexibility index (Phi) is 4.13. The molecule has 0 rings (SSSR count). The molecular formula is C6H12O2. The molecule has 0 aromatic heterocycles. The van der Waals surface area contributed by atoms with Gasteiger partial charge >= 0.3 is 0 Å². The third-order valence-corrected chi connectivity index (χ3v) is 0.767. The van der Waals surface area contributed by atoms with Gasteiger partial charge in [0.2, 0.25) is 0 Å². The first kappa shape index (κ1) is 7.34. The Morgan fingerprint density at radius 1 is 1.75 bits per heavy atom. The zero-order chi connectivity index (χ0) is 6.41. The van der Waals surface area contributed by atoms with Crippen LogP contribution in [0.15, 0.2) is 12.5 Å². The van der Waals surface area contributed by atoms with Crippen LogP contribution in [-0.2, 0) is 4.74 Å². The molecular weight excluding hydrogens is 104 g/mol. The smallest absolute Gasteiger partial charge is 0.268 e. The SMILES string of the molecule is C=C(O)OCCCC. The maximum Gasteiger partial charge on any atom is 0.268 e. The highest BCUT2D eigenvalue weighted by Gasteiger charge is 1.84. The van der Waals surface area contributed by atoms with Crippen molar-refractivity contribution in [2.24, 2.45) is 0 Å². The molecule has 0 fully saturated rings. The first-order valence-corrected chi connectivity index (χ1v) is 2.78. The molecule has 2 nitrogen and oxygen atoms in total. The summed E-state index contributed by atoms with van der Waals surface area (Å²) >= 11 is 0. The Labute approximate surface area is 49.8 Å². The molecule has 48 valence electrons. The Bertz CT molecular complexity index is 68.9. The van der Waals surface area contributed by atoms with Gasteiger partial charge in [0.15, 0.2) is 0 Å². The largest absolute Gasteiger partial charge is 0.481 e. The van der Waals surface area contributed by atoms with Crippen LogP contribution in [0.1, 0.15) is 19.8 Å². The minimum Gasteiger partial charge on any atom is -0.481 e. The van der Waals surface area contributed by atoms with Crippen molar-refractivity contribution in [1.29, 1.82) is 0 Å². The standard InChI is InChI=1S/C6H12O2/c1-3-4-5-8-6(2)7/h7H,2-5H2,1H3. The number of hydrogen-bond donors (Lipinski definition) is 1. The van der Waals surface area contributed by atoms with E-state index in [0.717, 1.165) is 12.8 Å². The van der Waals surface area contributed by atoms with Crippen LogP contribution < -0.4 is 0 Å². The molecule has 1 N–H and O–H groups in total. The maximum atomic E-state index is 8.36. The number of hydrogen-bond acceptors (Lipinski definition) is 2. The van der Waals surface area contributed by atoms with E-state index in [9.17, 15) is 0 Å². The zero-order valence-electron chi connectivity index (χ0n) is 5.18. The van der Waals surface area contributed by atoms with Gasteiger partial charge in [-0.3, -0.25) is 0 Å². The van der Waals surface area contributed by atoms with Gasteiger partial charge in [-0.2, -0.15) is 0 Å². The molecule has 0 aliphatic carbocycles. The van der Waals surface area contributed by atoms with E-state index >= 15 is 0 Å². The lowest BCUT2D eigenvalue weighted by atomic mass is 10.4. The van der Waals surface area contributed by atoms with Crippen LogP contribution in [-0.4, -0.2) is 11.7 Å². The number of unbranched alkanes of at least 4 members (excludes halogenated alkanes) is 1. The Balaban J connectivity index is 2.82. The van der Waals surface area contributed by atoms with Gasteiger partial charge in [0, 0.05) is 0 Å². The molecule has 0 amide bonds. The molecule has 0 saturated carbocycles. The van der Waals surface area contributed by atoms with Gasteiger partial charge in [-0.25, -0.2) is 0 Å². The summed E-state index contributed by atoms with van der Waals surface area (Å²) in [7, 11) is 0. The summed E-state index contributed by atoms with van der Waals surface area (Å²) < 4.78 is 4.64. The monoisotopic (exact) mass is 116 g/mol. The quantitative estimate of drug-likeness (QED) is 0.448. The number of ether oxygens (including phenoxy) is 1. The van der Waals surface area contributed by atoms with E-state index in [1.165, 1.54) is 0 Å². The molecule has 0 radical (unpaired) electrons. The van der Waals surface area contributed by atoms with Crippen molar-refractivity contribution >= 4 is 0 Å². The first-order chi connectivity index (χ1) is 3.77.